The van der Waals surface area contributed by atoms with Crippen LogP contribution >= 0.6 is 0 Å². The predicted molar refractivity (Wildman–Crippen MR) is 34.2 cm³/mol. The highest BCUT2D eigenvalue weighted by atomic mass is 19.4. The fraction of sp³-hybridized carbons (Fsp3) is 1.00. The van der Waals surface area contributed by atoms with E-state index in [1.54, 1.807) is 0 Å². The molecule has 80 valence electrons. The Hall–Kier alpha value is -0.440. The van der Waals surface area contributed by atoms with Crippen LogP contribution in [0.4, 0.5) is 17.9 Å². The fourth-order valence-electron chi connectivity index (χ4n) is 0.878. The topological polar surface area (TPSA) is 46.9 Å². The van der Waals surface area contributed by atoms with E-state index in [0.717, 1.165) is 0 Å². The lowest BCUT2D eigenvalue weighted by atomic mass is 10.1. The van der Waals surface area contributed by atoms with Crippen LogP contribution < -0.4 is 0 Å². The molecule has 0 aromatic heterocycles. The number of rotatable bonds is 6. The van der Waals surface area contributed by atoms with Crippen LogP contribution in [0.2, 0.25) is 0 Å². The Balaban J connectivity index is 4.59. The van der Waals surface area contributed by atoms with Gasteiger partial charge in [0.2, 0.25) is 0 Å². The molecule has 0 aliphatic rings. The van der Waals surface area contributed by atoms with Crippen LogP contribution in [0.5, 0.6) is 0 Å². The van der Waals surface area contributed by atoms with Crippen LogP contribution in [-0.2, 0) is 0 Å². The van der Waals surface area contributed by atoms with Crippen molar-refractivity contribution in [2.24, 2.45) is 0 Å². The van der Waals surface area contributed by atoms with Crippen LogP contribution in [0.3, 0.4) is 0 Å². The minimum atomic E-state index is -2.90. The second-order valence-electron chi connectivity index (χ2n) is 2.40. The Morgan fingerprint density at radius 2 is 1.15 bits per heavy atom. The highest BCUT2D eigenvalue weighted by molar-refractivity contribution is 4.76. The highest BCUT2D eigenvalue weighted by Crippen LogP contribution is 2.30. The summed E-state index contributed by atoms with van der Waals surface area (Å²) in [5.41, 5.74) is -2.90. The van der Waals surface area contributed by atoms with Crippen molar-refractivity contribution >= 4 is 0 Å². The van der Waals surface area contributed by atoms with Crippen molar-refractivity contribution in [3.8, 4) is 0 Å². The molecule has 0 fully saturated rings. The number of aliphatic hydroxyl groups excluding tert-OH is 2. The van der Waals surface area contributed by atoms with E-state index >= 15 is 0 Å². The first-order valence-corrected chi connectivity index (χ1v) is 3.46. The molecule has 0 atom stereocenters. The molecule has 4 nitrogen and oxygen atoms in total. The van der Waals surface area contributed by atoms with Crippen LogP contribution in [0.25, 0.3) is 0 Å². The van der Waals surface area contributed by atoms with E-state index in [1.807, 2.05) is 0 Å². The second kappa shape index (κ2) is 5.32. The SMILES string of the molecule is OCCC(CCO)(N(F)F)N(F)F. The van der Waals surface area contributed by atoms with Crippen molar-refractivity contribution < 1.29 is 28.1 Å². The zero-order chi connectivity index (χ0) is 10.5. The van der Waals surface area contributed by atoms with Gasteiger partial charge in [0.25, 0.3) is 0 Å². The summed E-state index contributed by atoms with van der Waals surface area (Å²) >= 11 is 0. The van der Waals surface area contributed by atoms with Crippen LogP contribution in [0.15, 0.2) is 0 Å². The Bertz CT molecular complexity index is 130. The molecule has 0 radical (unpaired) electrons. The lowest BCUT2D eigenvalue weighted by Gasteiger charge is -2.31. The molecule has 13 heavy (non-hydrogen) atoms. The Labute approximate surface area is 71.7 Å². The summed E-state index contributed by atoms with van der Waals surface area (Å²) in [7, 11) is 0. The molecule has 0 aromatic rings. The van der Waals surface area contributed by atoms with Crippen LogP contribution in [-0.4, -0.2) is 39.8 Å². The first-order valence-electron chi connectivity index (χ1n) is 3.46. The van der Waals surface area contributed by atoms with Crippen molar-refractivity contribution in [3.05, 3.63) is 0 Å². The Kier molecular flexibility index (Phi) is 5.14. The third kappa shape index (κ3) is 2.76. The maximum Gasteiger partial charge on any atom is 0.200 e. The third-order valence-electron chi connectivity index (χ3n) is 1.65. The maximum absolute atomic E-state index is 12.1. The zero-order valence-corrected chi connectivity index (χ0v) is 6.63. The molecule has 0 aliphatic heterocycles. The molecule has 0 bridgehead atoms. The second-order valence-corrected chi connectivity index (χ2v) is 2.40. The molecule has 0 unspecified atom stereocenters. The van der Waals surface area contributed by atoms with Crippen molar-refractivity contribution in [2.75, 3.05) is 13.2 Å². The van der Waals surface area contributed by atoms with Crippen molar-refractivity contribution in [1.29, 1.82) is 0 Å². The van der Waals surface area contributed by atoms with E-state index in [0.29, 0.717) is 0 Å². The third-order valence-corrected chi connectivity index (χ3v) is 1.65. The van der Waals surface area contributed by atoms with Gasteiger partial charge in [-0.15, -0.1) is 0 Å². The summed E-state index contributed by atoms with van der Waals surface area (Å²) in [5, 5.41) is 13.2. The number of halogens is 4. The van der Waals surface area contributed by atoms with Gasteiger partial charge in [-0.2, -0.15) is 0 Å². The summed E-state index contributed by atoms with van der Waals surface area (Å²) in [6.07, 6.45) is -1.71. The van der Waals surface area contributed by atoms with Crippen molar-refractivity contribution in [2.45, 2.75) is 18.5 Å². The van der Waals surface area contributed by atoms with E-state index in [-0.39, 0.29) is 0 Å². The highest BCUT2D eigenvalue weighted by Gasteiger charge is 2.46. The maximum atomic E-state index is 12.1. The molecular weight excluding hydrogens is 196 g/mol. The molecule has 0 saturated heterocycles. The molecule has 0 rings (SSSR count). The van der Waals surface area contributed by atoms with E-state index in [4.69, 9.17) is 10.2 Å². The quantitative estimate of drug-likeness (QED) is 0.379. The lowest BCUT2D eigenvalue weighted by molar-refractivity contribution is -0.377. The molecule has 0 heterocycles. The van der Waals surface area contributed by atoms with Crippen LogP contribution in [0, 0.1) is 0 Å². The molecule has 2 N–H and O–H groups in total. The largest absolute Gasteiger partial charge is 0.396 e. The predicted octanol–water partition coefficient (Wildman–Crippen LogP) is 0.589. The first-order chi connectivity index (χ1) is 6.01. The molecule has 0 saturated carbocycles. The molecule has 0 spiro atoms. The van der Waals surface area contributed by atoms with Gasteiger partial charge < -0.3 is 10.2 Å². The van der Waals surface area contributed by atoms with Gasteiger partial charge in [0.05, 0.1) is 0 Å². The first kappa shape index (κ1) is 12.6. The standard InChI is InChI=1S/C5H10F4N2O2/c6-10(7)5(1-3-12,2-4-13)11(8)9/h12-13H,1-4H2. The Morgan fingerprint density at radius 3 is 1.31 bits per heavy atom. The summed E-state index contributed by atoms with van der Waals surface area (Å²) in [4.78, 5) is 0. The number of hydrogen-bond acceptors (Lipinski definition) is 4. The van der Waals surface area contributed by atoms with Gasteiger partial charge >= 0.3 is 0 Å². The molecule has 8 heteroatoms. The zero-order valence-electron chi connectivity index (χ0n) is 6.63. The summed E-state index contributed by atoms with van der Waals surface area (Å²) in [6, 6.07) is 0. The number of hydrogen-bond donors (Lipinski definition) is 2. The minimum Gasteiger partial charge on any atom is -0.396 e. The van der Waals surface area contributed by atoms with Gasteiger partial charge in [-0.3, -0.25) is 0 Å². The van der Waals surface area contributed by atoms with Crippen LogP contribution in [0.1, 0.15) is 12.8 Å². The van der Waals surface area contributed by atoms with E-state index in [9.17, 15) is 17.9 Å². The van der Waals surface area contributed by atoms with Crippen molar-refractivity contribution in [1.82, 2.24) is 10.7 Å². The monoisotopic (exact) mass is 206 g/mol. The molecular formula is C5H10F4N2O2. The smallest absolute Gasteiger partial charge is 0.200 e. The molecule has 0 amide bonds. The van der Waals surface area contributed by atoms with E-state index in [1.165, 1.54) is 0 Å². The van der Waals surface area contributed by atoms with Gasteiger partial charge in [0.15, 0.2) is 5.66 Å². The minimum absolute atomic E-state index is 0.825. The summed E-state index contributed by atoms with van der Waals surface area (Å²) in [5.74, 6) is 0. The lowest BCUT2D eigenvalue weighted by Crippen LogP contribution is -2.50. The van der Waals surface area contributed by atoms with Gasteiger partial charge in [-0.25, -0.2) is 0 Å². The van der Waals surface area contributed by atoms with E-state index in [2.05, 4.69) is 0 Å². The van der Waals surface area contributed by atoms with Crippen molar-refractivity contribution in [3.63, 3.8) is 0 Å². The van der Waals surface area contributed by atoms with Gasteiger partial charge in [0, 0.05) is 36.7 Å². The fourth-order valence-corrected chi connectivity index (χ4v) is 0.878. The van der Waals surface area contributed by atoms with Gasteiger partial charge in [0.1, 0.15) is 0 Å². The number of nitrogens with zero attached hydrogens (tertiary/aromatic N) is 2. The average molecular weight is 206 g/mol. The summed E-state index contributed by atoms with van der Waals surface area (Å²) < 4.78 is 48.3. The molecule has 0 aromatic carbocycles. The Morgan fingerprint density at radius 1 is 0.846 bits per heavy atom. The van der Waals surface area contributed by atoms with Gasteiger partial charge in [-0.1, -0.05) is 17.9 Å². The van der Waals surface area contributed by atoms with Gasteiger partial charge in [-0.05, 0) is 0 Å². The van der Waals surface area contributed by atoms with E-state index < -0.39 is 42.4 Å². The number of aliphatic hydroxyl groups is 2. The summed E-state index contributed by atoms with van der Waals surface area (Å²) in [6.45, 7) is -1.65. The molecule has 0 aliphatic carbocycles. The normalized spacial score (nSPS) is 12.9. The average Bonchev–Trinajstić information content (AvgIpc) is 2.03.